The first-order chi connectivity index (χ1) is 11.6. The summed E-state index contributed by atoms with van der Waals surface area (Å²) in [5.41, 5.74) is 5.92. The number of hydrogen-bond donors (Lipinski definition) is 2. The molecular formula is C18H29ClN4O2. The lowest BCUT2D eigenvalue weighted by atomic mass is 9.77. The average molecular weight is 369 g/mol. The molecule has 25 heavy (non-hydrogen) atoms. The SMILES string of the molecule is Cl.NC1(c2noc(C3CCC(NC(=O)C4CCCC4)CC3)n2)CCC1. The van der Waals surface area contributed by atoms with Gasteiger partial charge in [-0.2, -0.15) is 4.98 Å². The molecule has 4 rings (SSSR count). The molecule has 1 heterocycles. The Morgan fingerprint density at radius 1 is 1.08 bits per heavy atom. The van der Waals surface area contributed by atoms with Crippen LogP contribution in [0.2, 0.25) is 0 Å². The first kappa shape index (κ1) is 18.6. The average Bonchev–Trinajstić information content (AvgIpc) is 3.25. The first-order valence-electron chi connectivity index (χ1n) is 9.57. The molecule has 3 fully saturated rings. The Morgan fingerprint density at radius 3 is 2.36 bits per heavy atom. The van der Waals surface area contributed by atoms with Crippen LogP contribution >= 0.6 is 12.4 Å². The summed E-state index contributed by atoms with van der Waals surface area (Å²) in [5.74, 6) is 2.26. The molecule has 0 spiro atoms. The van der Waals surface area contributed by atoms with Crippen molar-refractivity contribution in [2.24, 2.45) is 11.7 Å². The molecule has 0 aliphatic heterocycles. The molecule has 1 amide bonds. The standard InChI is InChI=1S/C18H28N4O2.ClH/c19-18(10-3-11-18)17-21-16(24-22-17)13-6-8-14(9-7-13)20-15(23)12-4-1-2-5-12;/h12-14H,1-11,19H2,(H,20,23);1H. The molecule has 3 aliphatic carbocycles. The van der Waals surface area contributed by atoms with Crippen molar-refractivity contribution in [3.63, 3.8) is 0 Å². The van der Waals surface area contributed by atoms with Crippen LogP contribution in [-0.2, 0) is 10.3 Å². The predicted octanol–water partition coefficient (Wildman–Crippen LogP) is 3.16. The Labute approximate surface area is 155 Å². The fraction of sp³-hybridized carbons (Fsp3) is 0.833. The van der Waals surface area contributed by atoms with Gasteiger partial charge >= 0.3 is 0 Å². The van der Waals surface area contributed by atoms with Crippen LogP contribution in [0, 0.1) is 5.92 Å². The number of nitrogens with two attached hydrogens (primary N) is 1. The summed E-state index contributed by atoms with van der Waals surface area (Å²) in [6.45, 7) is 0. The predicted molar refractivity (Wildman–Crippen MR) is 96.4 cm³/mol. The molecule has 140 valence electrons. The van der Waals surface area contributed by atoms with E-state index in [9.17, 15) is 4.79 Å². The van der Waals surface area contributed by atoms with Crippen molar-refractivity contribution in [3.8, 4) is 0 Å². The molecule has 3 N–H and O–H groups in total. The summed E-state index contributed by atoms with van der Waals surface area (Å²) in [4.78, 5) is 16.8. The molecule has 3 aliphatic rings. The summed E-state index contributed by atoms with van der Waals surface area (Å²) in [6, 6.07) is 0.309. The minimum Gasteiger partial charge on any atom is -0.353 e. The molecule has 6 nitrogen and oxygen atoms in total. The lowest BCUT2D eigenvalue weighted by Crippen LogP contribution is -2.44. The van der Waals surface area contributed by atoms with Gasteiger partial charge in [-0.05, 0) is 57.8 Å². The maximum absolute atomic E-state index is 12.3. The molecule has 1 aromatic heterocycles. The van der Waals surface area contributed by atoms with Gasteiger partial charge in [-0.25, -0.2) is 0 Å². The Hall–Kier alpha value is -1.14. The highest BCUT2D eigenvalue weighted by molar-refractivity contribution is 5.85. The van der Waals surface area contributed by atoms with Crippen LogP contribution < -0.4 is 11.1 Å². The summed E-state index contributed by atoms with van der Waals surface area (Å²) in [7, 11) is 0. The molecule has 0 bridgehead atoms. The second-order valence-electron chi connectivity index (χ2n) is 8.00. The number of amides is 1. The molecule has 7 heteroatoms. The second kappa shape index (κ2) is 7.62. The zero-order chi connectivity index (χ0) is 16.6. The van der Waals surface area contributed by atoms with Gasteiger partial charge in [0.1, 0.15) is 0 Å². The third-order valence-corrected chi connectivity index (χ3v) is 6.28. The van der Waals surface area contributed by atoms with Crippen molar-refractivity contribution in [1.29, 1.82) is 0 Å². The van der Waals surface area contributed by atoms with Crippen LogP contribution in [0.25, 0.3) is 0 Å². The van der Waals surface area contributed by atoms with Gasteiger partial charge in [0.25, 0.3) is 0 Å². The number of carbonyl (C=O) groups is 1. The van der Waals surface area contributed by atoms with E-state index in [2.05, 4.69) is 15.5 Å². The van der Waals surface area contributed by atoms with E-state index in [4.69, 9.17) is 10.3 Å². The van der Waals surface area contributed by atoms with Crippen LogP contribution in [-0.4, -0.2) is 22.1 Å². The Kier molecular flexibility index (Phi) is 5.68. The molecular weight excluding hydrogens is 340 g/mol. The maximum Gasteiger partial charge on any atom is 0.229 e. The largest absolute Gasteiger partial charge is 0.353 e. The van der Waals surface area contributed by atoms with Gasteiger partial charge in [0, 0.05) is 17.9 Å². The van der Waals surface area contributed by atoms with Crippen LogP contribution in [0.5, 0.6) is 0 Å². The number of rotatable bonds is 4. The van der Waals surface area contributed by atoms with Crippen LogP contribution in [0.4, 0.5) is 0 Å². The van der Waals surface area contributed by atoms with Gasteiger partial charge in [0.2, 0.25) is 11.8 Å². The number of carbonyl (C=O) groups excluding carboxylic acids is 1. The Balaban J connectivity index is 0.00000182. The van der Waals surface area contributed by atoms with E-state index < -0.39 is 0 Å². The quantitative estimate of drug-likeness (QED) is 0.851. The van der Waals surface area contributed by atoms with Crippen molar-refractivity contribution >= 4 is 18.3 Å². The normalized spacial score (nSPS) is 28.8. The fourth-order valence-corrected chi connectivity index (χ4v) is 4.38. The highest BCUT2D eigenvalue weighted by atomic mass is 35.5. The molecule has 3 saturated carbocycles. The van der Waals surface area contributed by atoms with Gasteiger partial charge in [0.05, 0.1) is 5.54 Å². The van der Waals surface area contributed by atoms with Gasteiger partial charge in [-0.3, -0.25) is 4.79 Å². The van der Waals surface area contributed by atoms with Gasteiger partial charge in [-0.15, -0.1) is 12.4 Å². The molecule has 0 unspecified atom stereocenters. The summed E-state index contributed by atoms with van der Waals surface area (Å²) in [5, 5.41) is 7.38. The Morgan fingerprint density at radius 2 is 1.76 bits per heavy atom. The number of nitrogens with zero attached hydrogens (tertiary/aromatic N) is 2. The lowest BCUT2D eigenvalue weighted by molar-refractivity contribution is -0.125. The minimum absolute atomic E-state index is 0. The molecule has 0 saturated heterocycles. The lowest BCUT2D eigenvalue weighted by Gasteiger charge is -2.34. The Bertz CT molecular complexity index is 588. The van der Waals surface area contributed by atoms with Gasteiger partial charge < -0.3 is 15.6 Å². The molecule has 0 aromatic carbocycles. The minimum atomic E-state index is -0.353. The van der Waals surface area contributed by atoms with Crippen LogP contribution in [0.1, 0.15) is 88.3 Å². The van der Waals surface area contributed by atoms with Crippen molar-refractivity contribution in [2.75, 3.05) is 0 Å². The van der Waals surface area contributed by atoms with Crippen LogP contribution in [0.3, 0.4) is 0 Å². The number of hydrogen-bond acceptors (Lipinski definition) is 5. The summed E-state index contributed by atoms with van der Waals surface area (Å²) in [6.07, 6.45) is 11.6. The smallest absolute Gasteiger partial charge is 0.229 e. The number of nitrogens with one attached hydrogen (secondary N) is 1. The van der Waals surface area contributed by atoms with E-state index >= 15 is 0 Å². The fourth-order valence-electron chi connectivity index (χ4n) is 4.38. The molecule has 0 radical (unpaired) electrons. The van der Waals surface area contributed by atoms with Crippen molar-refractivity contribution in [2.45, 2.75) is 88.1 Å². The number of halogens is 1. The third kappa shape index (κ3) is 3.85. The van der Waals surface area contributed by atoms with E-state index in [-0.39, 0.29) is 29.8 Å². The zero-order valence-electron chi connectivity index (χ0n) is 14.7. The summed E-state index contributed by atoms with van der Waals surface area (Å²) < 4.78 is 5.50. The van der Waals surface area contributed by atoms with E-state index in [0.717, 1.165) is 63.7 Å². The van der Waals surface area contributed by atoms with E-state index in [1.54, 1.807) is 0 Å². The summed E-state index contributed by atoms with van der Waals surface area (Å²) >= 11 is 0. The van der Waals surface area contributed by atoms with Crippen molar-refractivity contribution in [3.05, 3.63) is 11.7 Å². The molecule has 1 aromatic rings. The van der Waals surface area contributed by atoms with Crippen molar-refractivity contribution in [1.82, 2.24) is 15.5 Å². The second-order valence-corrected chi connectivity index (χ2v) is 8.00. The maximum atomic E-state index is 12.3. The topological polar surface area (TPSA) is 94.0 Å². The highest BCUT2D eigenvalue weighted by Gasteiger charge is 2.40. The first-order valence-corrected chi connectivity index (χ1v) is 9.57. The molecule has 0 atom stereocenters. The van der Waals surface area contributed by atoms with Crippen molar-refractivity contribution < 1.29 is 9.32 Å². The van der Waals surface area contributed by atoms with Gasteiger partial charge in [0.15, 0.2) is 5.82 Å². The van der Waals surface area contributed by atoms with E-state index in [1.807, 2.05) is 0 Å². The monoisotopic (exact) mass is 368 g/mol. The van der Waals surface area contributed by atoms with Crippen LogP contribution in [0.15, 0.2) is 4.52 Å². The zero-order valence-corrected chi connectivity index (χ0v) is 15.5. The highest BCUT2D eigenvalue weighted by Crippen LogP contribution is 2.39. The van der Waals surface area contributed by atoms with E-state index in [1.165, 1.54) is 12.8 Å². The third-order valence-electron chi connectivity index (χ3n) is 6.28. The van der Waals surface area contributed by atoms with Gasteiger partial charge in [-0.1, -0.05) is 18.0 Å². The van der Waals surface area contributed by atoms with E-state index in [0.29, 0.717) is 17.8 Å². The number of aromatic nitrogens is 2.